The fraction of sp³-hybridized carbons (Fsp3) is 0.500. The molecule has 0 fully saturated rings. The Hall–Kier alpha value is -1.39. The summed E-state index contributed by atoms with van der Waals surface area (Å²) in [5.41, 5.74) is 6.85. The summed E-state index contributed by atoms with van der Waals surface area (Å²) >= 11 is 0. The molecule has 0 heterocycles. The summed E-state index contributed by atoms with van der Waals surface area (Å²) in [5.74, 6) is -0.0279. The van der Waals surface area contributed by atoms with Crippen LogP contribution < -0.4 is 11.1 Å². The summed E-state index contributed by atoms with van der Waals surface area (Å²) in [6, 6.07) is 9.09. The van der Waals surface area contributed by atoms with Crippen LogP contribution in [0.25, 0.3) is 0 Å². The van der Waals surface area contributed by atoms with Crippen molar-refractivity contribution in [1.29, 1.82) is 0 Å². The molecule has 100 valence electrons. The molecule has 0 saturated carbocycles. The number of carbonyl (C=O) groups excluding carboxylic acids is 1. The molecule has 0 radical (unpaired) electrons. The molecule has 1 unspecified atom stereocenters. The van der Waals surface area contributed by atoms with Crippen LogP contribution in [0, 0.1) is 5.92 Å². The summed E-state index contributed by atoms with van der Waals surface area (Å²) in [7, 11) is 1.62. The molecule has 0 bridgehead atoms. The first-order valence-electron chi connectivity index (χ1n) is 6.16. The van der Waals surface area contributed by atoms with E-state index < -0.39 is 6.04 Å². The van der Waals surface area contributed by atoms with Crippen molar-refractivity contribution >= 4 is 5.91 Å². The van der Waals surface area contributed by atoms with Crippen LogP contribution in [0.5, 0.6) is 0 Å². The number of benzene rings is 1. The Labute approximate surface area is 109 Å². The number of methoxy groups -OCH3 is 1. The lowest BCUT2D eigenvalue weighted by Crippen LogP contribution is -2.46. The highest BCUT2D eigenvalue weighted by molar-refractivity contribution is 5.82. The molecule has 0 saturated heterocycles. The third kappa shape index (κ3) is 4.13. The largest absolute Gasteiger partial charge is 0.382 e. The molecule has 2 atom stereocenters. The number of hydrogen-bond acceptors (Lipinski definition) is 3. The van der Waals surface area contributed by atoms with Gasteiger partial charge in [0.15, 0.2) is 0 Å². The summed E-state index contributed by atoms with van der Waals surface area (Å²) in [4.78, 5) is 12.0. The first-order valence-corrected chi connectivity index (χ1v) is 6.16. The monoisotopic (exact) mass is 250 g/mol. The van der Waals surface area contributed by atoms with E-state index >= 15 is 0 Å². The molecule has 0 aliphatic carbocycles. The van der Waals surface area contributed by atoms with Gasteiger partial charge in [0.05, 0.1) is 18.7 Å². The minimum Gasteiger partial charge on any atom is -0.382 e. The lowest BCUT2D eigenvalue weighted by molar-refractivity contribution is -0.124. The van der Waals surface area contributed by atoms with E-state index in [4.69, 9.17) is 10.5 Å². The van der Waals surface area contributed by atoms with Crippen molar-refractivity contribution < 1.29 is 9.53 Å². The van der Waals surface area contributed by atoms with E-state index in [0.717, 1.165) is 5.56 Å². The molecule has 18 heavy (non-hydrogen) atoms. The van der Waals surface area contributed by atoms with Crippen molar-refractivity contribution in [2.24, 2.45) is 11.7 Å². The molecule has 0 aromatic heterocycles. The van der Waals surface area contributed by atoms with Gasteiger partial charge in [0, 0.05) is 7.11 Å². The van der Waals surface area contributed by atoms with Crippen molar-refractivity contribution in [3.05, 3.63) is 35.9 Å². The van der Waals surface area contributed by atoms with Crippen LogP contribution >= 0.6 is 0 Å². The Balaban J connectivity index is 2.72. The second-order valence-electron chi connectivity index (χ2n) is 4.70. The van der Waals surface area contributed by atoms with E-state index in [9.17, 15) is 4.79 Å². The Morgan fingerprint density at radius 3 is 2.44 bits per heavy atom. The van der Waals surface area contributed by atoms with Gasteiger partial charge < -0.3 is 15.8 Å². The molecular formula is C14H22N2O2. The van der Waals surface area contributed by atoms with Crippen molar-refractivity contribution in [1.82, 2.24) is 5.32 Å². The van der Waals surface area contributed by atoms with Gasteiger partial charge in [-0.25, -0.2) is 0 Å². The van der Waals surface area contributed by atoms with Crippen molar-refractivity contribution in [2.45, 2.75) is 25.9 Å². The maximum Gasteiger partial charge on any atom is 0.237 e. The molecule has 0 aliphatic heterocycles. The fourth-order valence-electron chi connectivity index (χ4n) is 1.64. The molecule has 1 aromatic rings. The first-order chi connectivity index (χ1) is 8.56. The molecule has 1 amide bonds. The van der Waals surface area contributed by atoms with Gasteiger partial charge in [0.2, 0.25) is 5.91 Å². The number of hydrogen-bond donors (Lipinski definition) is 2. The van der Waals surface area contributed by atoms with E-state index in [0.29, 0.717) is 6.61 Å². The van der Waals surface area contributed by atoms with Crippen LogP contribution in [0.15, 0.2) is 30.3 Å². The lowest BCUT2D eigenvalue weighted by Gasteiger charge is -2.22. The van der Waals surface area contributed by atoms with Crippen LogP contribution in [0.1, 0.15) is 25.5 Å². The minimum atomic E-state index is -0.493. The summed E-state index contributed by atoms with van der Waals surface area (Å²) in [6.07, 6.45) is 0. The first kappa shape index (κ1) is 14.7. The minimum absolute atomic E-state index is 0.115. The SMILES string of the molecule is COCC(NC(=O)[C@@H](N)C(C)C)c1ccccc1. The molecule has 1 aromatic carbocycles. The number of ether oxygens (including phenoxy) is 1. The predicted octanol–water partition coefficient (Wildman–Crippen LogP) is 1.47. The molecular weight excluding hydrogens is 228 g/mol. The quantitative estimate of drug-likeness (QED) is 0.803. The van der Waals surface area contributed by atoms with Crippen LogP contribution in [-0.4, -0.2) is 25.7 Å². The van der Waals surface area contributed by atoms with Crippen LogP contribution in [-0.2, 0) is 9.53 Å². The van der Waals surface area contributed by atoms with Crippen LogP contribution in [0.2, 0.25) is 0 Å². The Bertz CT molecular complexity index is 365. The molecule has 4 nitrogen and oxygen atoms in total. The summed E-state index contributed by atoms with van der Waals surface area (Å²) in [5, 5.41) is 2.93. The third-order valence-corrected chi connectivity index (χ3v) is 2.87. The molecule has 0 aliphatic rings. The van der Waals surface area contributed by atoms with Gasteiger partial charge in [-0.3, -0.25) is 4.79 Å². The highest BCUT2D eigenvalue weighted by Gasteiger charge is 2.21. The molecule has 0 spiro atoms. The van der Waals surface area contributed by atoms with E-state index in [-0.39, 0.29) is 17.9 Å². The van der Waals surface area contributed by atoms with Gasteiger partial charge in [-0.15, -0.1) is 0 Å². The maximum absolute atomic E-state index is 12.0. The highest BCUT2D eigenvalue weighted by atomic mass is 16.5. The number of amides is 1. The Kier molecular flexibility index (Phi) is 5.82. The predicted molar refractivity (Wildman–Crippen MR) is 72.0 cm³/mol. The number of rotatable bonds is 6. The number of carbonyl (C=O) groups is 1. The molecule has 1 rings (SSSR count). The van der Waals surface area contributed by atoms with Gasteiger partial charge >= 0.3 is 0 Å². The maximum atomic E-state index is 12.0. The number of nitrogens with two attached hydrogens (primary N) is 1. The lowest BCUT2D eigenvalue weighted by atomic mass is 10.0. The van der Waals surface area contributed by atoms with Gasteiger partial charge in [-0.1, -0.05) is 44.2 Å². The number of nitrogens with one attached hydrogen (secondary N) is 1. The van der Waals surface area contributed by atoms with Gasteiger partial charge in [0.1, 0.15) is 0 Å². The van der Waals surface area contributed by atoms with Crippen molar-refractivity contribution in [3.63, 3.8) is 0 Å². The Morgan fingerprint density at radius 2 is 1.94 bits per heavy atom. The molecule has 3 N–H and O–H groups in total. The average molecular weight is 250 g/mol. The van der Waals surface area contributed by atoms with Crippen LogP contribution in [0.4, 0.5) is 0 Å². The van der Waals surface area contributed by atoms with E-state index in [1.54, 1.807) is 7.11 Å². The standard InChI is InChI=1S/C14H22N2O2/c1-10(2)13(15)14(17)16-12(9-18-3)11-7-5-4-6-8-11/h4-8,10,12-13H,9,15H2,1-3H3,(H,16,17)/t12?,13-/m0/s1. The van der Waals surface area contributed by atoms with E-state index in [2.05, 4.69) is 5.32 Å². The smallest absolute Gasteiger partial charge is 0.237 e. The van der Waals surface area contributed by atoms with Crippen LogP contribution in [0.3, 0.4) is 0 Å². The second-order valence-corrected chi connectivity index (χ2v) is 4.70. The summed E-state index contributed by atoms with van der Waals surface area (Å²) < 4.78 is 5.14. The van der Waals surface area contributed by atoms with Gasteiger partial charge in [-0.2, -0.15) is 0 Å². The van der Waals surface area contributed by atoms with Crippen molar-refractivity contribution in [2.75, 3.05) is 13.7 Å². The average Bonchev–Trinajstić information content (AvgIpc) is 2.38. The van der Waals surface area contributed by atoms with E-state index in [1.807, 2.05) is 44.2 Å². The van der Waals surface area contributed by atoms with Gasteiger partial charge in [-0.05, 0) is 11.5 Å². The zero-order valence-electron chi connectivity index (χ0n) is 11.2. The fourth-order valence-corrected chi connectivity index (χ4v) is 1.64. The van der Waals surface area contributed by atoms with E-state index in [1.165, 1.54) is 0 Å². The normalized spacial score (nSPS) is 14.3. The second kappa shape index (κ2) is 7.13. The summed E-state index contributed by atoms with van der Waals surface area (Å²) in [6.45, 7) is 4.29. The van der Waals surface area contributed by atoms with Gasteiger partial charge in [0.25, 0.3) is 0 Å². The zero-order chi connectivity index (χ0) is 13.5. The Morgan fingerprint density at radius 1 is 1.33 bits per heavy atom. The molecule has 4 heteroatoms. The topological polar surface area (TPSA) is 64.3 Å². The van der Waals surface area contributed by atoms with Crippen molar-refractivity contribution in [3.8, 4) is 0 Å². The zero-order valence-corrected chi connectivity index (χ0v) is 11.2. The highest BCUT2D eigenvalue weighted by Crippen LogP contribution is 2.13. The third-order valence-electron chi connectivity index (χ3n) is 2.87.